The van der Waals surface area contributed by atoms with E-state index < -0.39 is 0 Å². The third-order valence-corrected chi connectivity index (χ3v) is 4.57. The van der Waals surface area contributed by atoms with Gasteiger partial charge < -0.3 is 0 Å². The van der Waals surface area contributed by atoms with E-state index in [9.17, 15) is 4.79 Å². The van der Waals surface area contributed by atoms with E-state index >= 15 is 0 Å². The summed E-state index contributed by atoms with van der Waals surface area (Å²) in [6.45, 7) is 4.59. The third kappa shape index (κ3) is 2.75. The van der Waals surface area contributed by atoms with Crippen molar-refractivity contribution in [3.8, 4) is 0 Å². The third-order valence-electron chi connectivity index (χ3n) is 4.57. The van der Waals surface area contributed by atoms with Crippen LogP contribution in [0, 0.1) is 17.8 Å². The van der Waals surface area contributed by atoms with Gasteiger partial charge in [-0.25, -0.2) is 0 Å². The molecule has 0 spiro atoms. The van der Waals surface area contributed by atoms with Crippen molar-refractivity contribution in [1.29, 1.82) is 0 Å². The molecule has 3 atom stereocenters. The highest BCUT2D eigenvalue weighted by Gasteiger charge is 2.28. The van der Waals surface area contributed by atoms with E-state index in [2.05, 4.69) is 19.9 Å². The Labute approximate surface area is 99.3 Å². The Bertz CT molecular complexity index is 290. The van der Waals surface area contributed by atoms with Gasteiger partial charge in [-0.1, -0.05) is 18.6 Å². The smallest absolute Gasteiger partial charge is 0.135 e. The van der Waals surface area contributed by atoms with Gasteiger partial charge in [0, 0.05) is 12.3 Å². The van der Waals surface area contributed by atoms with Gasteiger partial charge in [-0.05, 0) is 57.3 Å². The number of carbonyl (C=O) groups is 1. The second-order valence-corrected chi connectivity index (χ2v) is 5.85. The number of carbonyl (C=O) groups excluding carboxylic acids is 1. The molecule has 0 amide bonds. The number of hydrogen-bond acceptors (Lipinski definition) is 1. The molecule has 0 unspecified atom stereocenters. The Morgan fingerprint density at radius 2 is 2.19 bits per heavy atom. The first-order chi connectivity index (χ1) is 7.66. The van der Waals surface area contributed by atoms with Crippen LogP contribution in [0.5, 0.6) is 0 Å². The van der Waals surface area contributed by atoms with Gasteiger partial charge in [0.15, 0.2) is 0 Å². The summed E-state index contributed by atoms with van der Waals surface area (Å²) in [5, 5.41) is 0. The summed E-state index contributed by atoms with van der Waals surface area (Å²) in [5.74, 6) is 2.50. The summed E-state index contributed by atoms with van der Waals surface area (Å²) in [6, 6.07) is 0. The molecule has 1 fully saturated rings. The molecule has 0 aromatic heterocycles. The first kappa shape index (κ1) is 11.9. The lowest BCUT2D eigenvalue weighted by molar-refractivity contribution is -0.121. The maximum Gasteiger partial charge on any atom is 0.135 e. The van der Waals surface area contributed by atoms with Crippen molar-refractivity contribution in [2.75, 3.05) is 0 Å². The SMILES string of the molecule is CC1=CC[C@H]([C@@H](C)C[C@H]2CCCC2=O)CC1. The molecule has 0 aromatic carbocycles. The lowest BCUT2D eigenvalue weighted by Gasteiger charge is -2.28. The number of Topliss-reactive ketones (excluding diaryl/α,β-unsaturated/α-hetero) is 1. The van der Waals surface area contributed by atoms with Crippen LogP contribution < -0.4 is 0 Å². The maximum atomic E-state index is 11.6. The fourth-order valence-electron chi connectivity index (χ4n) is 3.28. The van der Waals surface area contributed by atoms with Gasteiger partial charge in [-0.3, -0.25) is 4.79 Å². The lowest BCUT2D eigenvalue weighted by atomic mass is 9.77. The molecule has 90 valence electrons. The summed E-state index contributed by atoms with van der Waals surface area (Å²) < 4.78 is 0. The Kier molecular flexibility index (Phi) is 3.83. The van der Waals surface area contributed by atoms with Crippen molar-refractivity contribution < 1.29 is 4.79 Å². The van der Waals surface area contributed by atoms with Gasteiger partial charge >= 0.3 is 0 Å². The van der Waals surface area contributed by atoms with E-state index in [0.29, 0.717) is 11.7 Å². The van der Waals surface area contributed by atoms with Gasteiger partial charge in [-0.2, -0.15) is 0 Å². The minimum atomic E-state index is 0.405. The molecule has 16 heavy (non-hydrogen) atoms. The van der Waals surface area contributed by atoms with E-state index in [1.165, 1.54) is 19.3 Å². The van der Waals surface area contributed by atoms with Gasteiger partial charge in [-0.15, -0.1) is 0 Å². The first-order valence-corrected chi connectivity index (χ1v) is 6.85. The van der Waals surface area contributed by atoms with Crippen LogP contribution in [0.25, 0.3) is 0 Å². The van der Waals surface area contributed by atoms with E-state index in [0.717, 1.165) is 37.5 Å². The molecule has 0 N–H and O–H groups in total. The zero-order valence-corrected chi connectivity index (χ0v) is 10.7. The summed E-state index contributed by atoms with van der Waals surface area (Å²) in [7, 11) is 0. The van der Waals surface area contributed by atoms with E-state index in [-0.39, 0.29) is 0 Å². The fourth-order valence-corrected chi connectivity index (χ4v) is 3.28. The van der Waals surface area contributed by atoms with Crippen LogP contribution >= 0.6 is 0 Å². The van der Waals surface area contributed by atoms with Crippen LogP contribution in [0.3, 0.4) is 0 Å². The molecule has 1 saturated carbocycles. The maximum absolute atomic E-state index is 11.6. The van der Waals surface area contributed by atoms with Gasteiger partial charge in [0.25, 0.3) is 0 Å². The number of rotatable bonds is 3. The highest BCUT2D eigenvalue weighted by Crippen LogP contribution is 2.35. The highest BCUT2D eigenvalue weighted by molar-refractivity contribution is 5.82. The van der Waals surface area contributed by atoms with Gasteiger partial charge in [0.2, 0.25) is 0 Å². The van der Waals surface area contributed by atoms with Crippen molar-refractivity contribution in [3.05, 3.63) is 11.6 Å². The number of ketones is 1. The normalized spacial score (nSPS) is 32.6. The predicted octanol–water partition coefficient (Wildman–Crippen LogP) is 4.13. The second-order valence-electron chi connectivity index (χ2n) is 5.85. The van der Waals surface area contributed by atoms with E-state index in [1.807, 2.05) is 0 Å². The van der Waals surface area contributed by atoms with Crippen LogP contribution in [0.4, 0.5) is 0 Å². The predicted molar refractivity (Wildman–Crippen MR) is 67.2 cm³/mol. The minimum Gasteiger partial charge on any atom is -0.299 e. The highest BCUT2D eigenvalue weighted by atomic mass is 16.1. The molecule has 0 bridgehead atoms. The Morgan fingerprint density at radius 1 is 1.38 bits per heavy atom. The summed E-state index contributed by atoms with van der Waals surface area (Å²) in [4.78, 5) is 11.6. The molecule has 0 heterocycles. The summed E-state index contributed by atoms with van der Waals surface area (Å²) in [6.07, 6.45) is 10.6. The van der Waals surface area contributed by atoms with Crippen molar-refractivity contribution in [3.63, 3.8) is 0 Å². The monoisotopic (exact) mass is 220 g/mol. The van der Waals surface area contributed by atoms with Crippen LogP contribution in [-0.2, 0) is 4.79 Å². The van der Waals surface area contributed by atoms with Crippen molar-refractivity contribution in [2.24, 2.45) is 17.8 Å². The number of allylic oxidation sites excluding steroid dienone is 2. The standard InChI is InChI=1S/C15H24O/c1-11-6-8-13(9-7-11)12(2)10-14-4-3-5-15(14)16/h6,12-14H,3-5,7-10H2,1-2H3/t12-,13-,14+/m0/s1. The molecule has 1 nitrogen and oxygen atoms in total. The molecular weight excluding hydrogens is 196 g/mol. The molecule has 2 rings (SSSR count). The van der Waals surface area contributed by atoms with Crippen LogP contribution in [-0.4, -0.2) is 5.78 Å². The van der Waals surface area contributed by atoms with Crippen LogP contribution in [0.15, 0.2) is 11.6 Å². The summed E-state index contributed by atoms with van der Waals surface area (Å²) >= 11 is 0. The Balaban J connectivity index is 1.83. The van der Waals surface area contributed by atoms with Crippen molar-refractivity contribution in [1.82, 2.24) is 0 Å². The molecule has 0 radical (unpaired) electrons. The zero-order chi connectivity index (χ0) is 11.5. The van der Waals surface area contributed by atoms with Gasteiger partial charge in [0.05, 0.1) is 0 Å². The van der Waals surface area contributed by atoms with Gasteiger partial charge in [0.1, 0.15) is 5.78 Å². The van der Waals surface area contributed by atoms with Crippen molar-refractivity contribution >= 4 is 5.78 Å². The first-order valence-electron chi connectivity index (χ1n) is 6.85. The molecule has 2 aliphatic carbocycles. The fraction of sp³-hybridized carbons (Fsp3) is 0.800. The van der Waals surface area contributed by atoms with Crippen LogP contribution in [0.2, 0.25) is 0 Å². The van der Waals surface area contributed by atoms with Crippen molar-refractivity contribution in [2.45, 2.75) is 58.8 Å². The Hall–Kier alpha value is -0.590. The molecule has 1 heteroatoms. The topological polar surface area (TPSA) is 17.1 Å². The van der Waals surface area contributed by atoms with E-state index in [4.69, 9.17) is 0 Å². The Morgan fingerprint density at radius 3 is 2.75 bits per heavy atom. The molecule has 0 saturated heterocycles. The molecular formula is C15H24O. The number of hydrogen-bond donors (Lipinski definition) is 0. The van der Waals surface area contributed by atoms with E-state index in [1.54, 1.807) is 5.57 Å². The van der Waals surface area contributed by atoms with Crippen LogP contribution in [0.1, 0.15) is 58.8 Å². The zero-order valence-electron chi connectivity index (χ0n) is 10.7. The largest absolute Gasteiger partial charge is 0.299 e. The molecule has 2 aliphatic rings. The lowest BCUT2D eigenvalue weighted by Crippen LogP contribution is -2.19. The summed E-state index contributed by atoms with van der Waals surface area (Å²) in [5.41, 5.74) is 1.56. The second kappa shape index (κ2) is 5.16. The average molecular weight is 220 g/mol. The average Bonchev–Trinajstić information content (AvgIpc) is 2.65. The molecule has 0 aliphatic heterocycles. The minimum absolute atomic E-state index is 0.405. The molecule has 0 aromatic rings. The quantitative estimate of drug-likeness (QED) is 0.654.